The highest BCUT2D eigenvalue weighted by Crippen LogP contribution is 2.10. The fourth-order valence-electron chi connectivity index (χ4n) is 0.801. The monoisotopic (exact) mass is 232 g/mol. The van der Waals surface area contributed by atoms with Crippen LogP contribution in [0.2, 0.25) is 25.7 Å². The summed E-state index contributed by atoms with van der Waals surface area (Å²) in [5.74, 6) is -0.264. The fraction of sp³-hybridized carbons (Fsp3) is 0.667. The molecule has 0 N–H and O–H groups in total. The van der Waals surface area contributed by atoms with Gasteiger partial charge in [-0.3, -0.25) is 0 Å². The minimum Gasteiger partial charge on any atom is -0.540 e. The van der Waals surface area contributed by atoms with Gasteiger partial charge in [0.1, 0.15) is 0 Å². The van der Waals surface area contributed by atoms with Gasteiger partial charge in [-0.1, -0.05) is 12.6 Å². The molecule has 5 heteroatoms. The average Bonchev–Trinajstić information content (AvgIpc) is 2.01. The van der Waals surface area contributed by atoms with Crippen molar-refractivity contribution in [2.75, 3.05) is 6.61 Å². The highest BCUT2D eigenvalue weighted by molar-refractivity contribution is 6.70. The molecule has 0 aromatic carbocycles. The maximum absolute atomic E-state index is 11.3. The van der Waals surface area contributed by atoms with Crippen molar-refractivity contribution in [2.24, 2.45) is 0 Å². The smallest absolute Gasteiger partial charge is 0.371 e. The van der Waals surface area contributed by atoms with Crippen molar-refractivity contribution in [2.45, 2.75) is 32.1 Å². The topological polar surface area (TPSA) is 35.5 Å². The second kappa shape index (κ2) is 6.03. The molecular weight excluding hydrogens is 212 g/mol. The molecule has 0 heterocycles. The van der Waals surface area contributed by atoms with Gasteiger partial charge < -0.3 is 9.16 Å². The Bertz CT molecular complexity index is 209. The van der Waals surface area contributed by atoms with Crippen molar-refractivity contribution in [1.29, 1.82) is 0 Å². The Labute approximate surface area is 90.0 Å². The fourth-order valence-corrected chi connectivity index (χ4v) is 1.91. The van der Waals surface area contributed by atoms with Crippen LogP contribution in [0.3, 0.4) is 0 Å². The molecule has 0 bridgehead atoms. The van der Waals surface area contributed by atoms with E-state index in [1.54, 1.807) is 0 Å². The number of hydrogen-bond acceptors (Lipinski definition) is 3. The number of carbonyl (C=O) groups excluding carboxylic acids is 1. The first-order valence-electron chi connectivity index (χ1n) is 4.92. The van der Waals surface area contributed by atoms with Crippen LogP contribution in [0.1, 0.15) is 6.42 Å². The van der Waals surface area contributed by atoms with Gasteiger partial charge >= 0.3 is 5.97 Å². The van der Waals surface area contributed by atoms with Gasteiger partial charge in [0.15, 0.2) is 5.76 Å². The van der Waals surface area contributed by atoms with Gasteiger partial charge in [-0.25, -0.2) is 4.79 Å². The summed E-state index contributed by atoms with van der Waals surface area (Å²) in [5, 5.41) is 0. The predicted octanol–water partition coefficient (Wildman–Crippen LogP) is 1.07. The molecule has 14 heavy (non-hydrogen) atoms. The standard InChI is InChI=1S/C9H20O3Si2/c1-8(12-14(2,3)4)9(10)11-6-5-7-13/h1,5-7H2,2-4,13H3. The van der Waals surface area contributed by atoms with E-state index >= 15 is 0 Å². The lowest BCUT2D eigenvalue weighted by atomic mass is 10.5. The van der Waals surface area contributed by atoms with Crippen LogP contribution in [0.25, 0.3) is 0 Å². The SMILES string of the molecule is C=C(O[Si](C)(C)C)C(=O)OCCC[SiH3]. The molecule has 3 nitrogen and oxygen atoms in total. The Morgan fingerprint density at radius 2 is 2.00 bits per heavy atom. The van der Waals surface area contributed by atoms with Gasteiger partial charge in [-0.15, -0.1) is 0 Å². The molecule has 0 unspecified atom stereocenters. The molecule has 0 aromatic rings. The van der Waals surface area contributed by atoms with E-state index in [4.69, 9.17) is 9.16 Å². The van der Waals surface area contributed by atoms with E-state index in [1.807, 2.05) is 19.6 Å². The van der Waals surface area contributed by atoms with Crippen molar-refractivity contribution in [1.82, 2.24) is 0 Å². The third-order valence-corrected chi connectivity index (χ3v) is 2.95. The third kappa shape index (κ3) is 6.91. The Kier molecular flexibility index (Phi) is 5.79. The number of rotatable bonds is 6. The Morgan fingerprint density at radius 3 is 2.43 bits per heavy atom. The first-order chi connectivity index (χ1) is 6.37. The molecule has 0 aromatic heterocycles. The van der Waals surface area contributed by atoms with Gasteiger partial charge in [0.25, 0.3) is 0 Å². The molecule has 0 spiro atoms. The molecule has 0 rings (SSSR count). The van der Waals surface area contributed by atoms with Crippen LogP contribution in [0.4, 0.5) is 0 Å². The first kappa shape index (κ1) is 13.4. The van der Waals surface area contributed by atoms with Crippen molar-refractivity contribution in [3.05, 3.63) is 12.3 Å². The molecule has 0 aliphatic heterocycles. The maximum atomic E-state index is 11.3. The molecule has 0 aliphatic carbocycles. The molecule has 0 saturated heterocycles. The summed E-state index contributed by atoms with van der Waals surface area (Å²) in [4.78, 5) is 11.3. The van der Waals surface area contributed by atoms with E-state index in [0.717, 1.165) is 22.7 Å². The van der Waals surface area contributed by atoms with E-state index in [1.165, 1.54) is 0 Å². The second-order valence-corrected chi connectivity index (χ2v) is 9.56. The molecule has 0 radical (unpaired) electrons. The van der Waals surface area contributed by atoms with Gasteiger partial charge in [-0.2, -0.15) is 0 Å². The molecule has 0 atom stereocenters. The van der Waals surface area contributed by atoms with Crippen LogP contribution >= 0.6 is 0 Å². The van der Waals surface area contributed by atoms with Gasteiger partial charge in [0.2, 0.25) is 8.32 Å². The van der Waals surface area contributed by atoms with Crippen LogP contribution in [0.5, 0.6) is 0 Å². The molecule has 0 amide bonds. The summed E-state index contributed by atoms with van der Waals surface area (Å²) in [7, 11) is -0.573. The van der Waals surface area contributed by atoms with Crippen molar-refractivity contribution >= 4 is 24.5 Å². The summed E-state index contributed by atoms with van der Waals surface area (Å²) >= 11 is 0. The Hall–Kier alpha value is -0.556. The zero-order valence-electron chi connectivity index (χ0n) is 9.55. The molecular formula is C9H20O3Si2. The maximum Gasteiger partial charge on any atom is 0.371 e. The lowest BCUT2D eigenvalue weighted by Crippen LogP contribution is -2.27. The largest absolute Gasteiger partial charge is 0.540 e. The zero-order valence-corrected chi connectivity index (χ0v) is 12.6. The Morgan fingerprint density at radius 1 is 1.43 bits per heavy atom. The molecule has 82 valence electrons. The minimum atomic E-state index is -1.72. The van der Waals surface area contributed by atoms with Crippen LogP contribution < -0.4 is 0 Å². The summed E-state index contributed by atoms with van der Waals surface area (Å²) in [5.41, 5.74) is 0. The number of hydrogen-bond donors (Lipinski definition) is 0. The molecule has 0 aliphatic rings. The highest BCUT2D eigenvalue weighted by Gasteiger charge is 2.20. The van der Waals surface area contributed by atoms with Gasteiger partial charge in [0.05, 0.1) is 6.61 Å². The van der Waals surface area contributed by atoms with Crippen molar-refractivity contribution in [3.63, 3.8) is 0 Å². The highest BCUT2D eigenvalue weighted by atomic mass is 28.4. The van der Waals surface area contributed by atoms with E-state index in [9.17, 15) is 4.79 Å². The van der Waals surface area contributed by atoms with E-state index in [-0.39, 0.29) is 5.76 Å². The molecule has 0 fully saturated rings. The first-order valence-corrected chi connectivity index (χ1v) is 9.74. The average molecular weight is 232 g/mol. The lowest BCUT2D eigenvalue weighted by molar-refractivity contribution is -0.141. The molecule has 0 saturated carbocycles. The Balaban J connectivity index is 3.83. The number of ether oxygens (including phenoxy) is 1. The van der Waals surface area contributed by atoms with Crippen LogP contribution in [0, 0.1) is 0 Å². The van der Waals surface area contributed by atoms with Crippen molar-refractivity contribution in [3.8, 4) is 0 Å². The normalized spacial score (nSPS) is 11.1. The second-order valence-electron chi connectivity index (χ2n) is 4.13. The van der Waals surface area contributed by atoms with E-state index < -0.39 is 14.3 Å². The summed E-state index contributed by atoms with van der Waals surface area (Å²) in [6.45, 7) is 10.1. The summed E-state index contributed by atoms with van der Waals surface area (Å²) in [6, 6.07) is 1.15. The van der Waals surface area contributed by atoms with Gasteiger partial charge in [-0.05, 0) is 26.1 Å². The predicted molar refractivity (Wildman–Crippen MR) is 63.9 cm³/mol. The van der Waals surface area contributed by atoms with E-state index in [0.29, 0.717) is 6.61 Å². The van der Waals surface area contributed by atoms with Crippen LogP contribution in [-0.4, -0.2) is 31.1 Å². The summed E-state index contributed by atoms with van der Waals surface area (Å²) in [6.07, 6.45) is 0.943. The minimum absolute atomic E-state index is 0.150. The summed E-state index contributed by atoms with van der Waals surface area (Å²) < 4.78 is 10.4. The quantitative estimate of drug-likeness (QED) is 0.226. The van der Waals surface area contributed by atoms with Crippen LogP contribution in [-0.2, 0) is 14.0 Å². The lowest BCUT2D eigenvalue weighted by Gasteiger charge is -2.19. The number of esters is 1. The van der Waals surface area contributed by atoms with E-state index in [2.05, 4.69) is 6.58 Å². The van der Waals surface area contributed by atoms with Gasteiger partial charge in [0, 0.05) is 10.2 Å². The number of carbonyl (C=O) groups is 1. The van der Waals surface area contributed by atoms with Crippen LogP contribution in [0.15, 0.2) is 12.3 Å². The zero-order chi connectivity index (χ0) is 11.2. The van der Waals surface area contributed by atoms with Crippen molar-refractivity contribution < 1.29 is 14.0 Å². The third-order valence-electron chi connectivity index (χ3n) is 1.39.